The van der Waals surface area contributed by atoms with Gasteiger partial charge >= 0.3 is 0 Å². The van der Waals surface area contributed by atoms with Gasteiger partial charge in [-0.3, -0.25) is 0 Å². The lowest BCUT2D eigenvalue weighted by Gasteiger charge is -2.42. The van der Waals surface area contributed by atoms with Gasteiger partial charge in [0.15, 0.2) is 0 Å². The first-order chi connectivity index (χ1) is 11.1. The fourth-order valence-corrected chi connectivity index (χ4v) is 5.62. The van der Waals surface area contributed by atoms with E-state index in [-0.39, 0.29) is 0 Å². The normalized spacial score (nSPS) is 41.5. The van der Waals surface area contributed by atoms with E-state index in [1.807, 2.05) is 0 Å². The summed E-state index contributed by atoms with van der Waals surface area (Å²) in [4.78, 5) is 0. The van der Waals surface area contributed by atoms with Crippen molar-refractivity contribution in [1.29, 1.82) is 0 Å². The molecule has 0 saturated heterocycles. The van der Waals surface area contributed by atoms with Crippen molar-refractivity contribution < 1.29 is 5.11 Å². The highest BCUT2D eigenvalue weighted by atomic mass is 16.3. The SMILES string of the molecule is C=C1C(=CC=C2CCCC3(C)C(CCO)CCC23)CCCC1C. The van der Waals surface area contributed by atoms with Crippen molar-refractivity contribution in [3.05, 3.63) is 35.5 Å². The number of rotatable bonds is 3. The van der Waals surface area contributed by atoms with Gasteiger partial charge in [-0.25, -0.2) is 0 Å². The van der Waals surface area contributed by atoms with E-state index < -0.39 is 0 Å². The molecule has 3 aliphatic rings. The molecule has 0 aromatic carbocycles. The zero-order valence-corrected chi connectivity index (χ0v) is 15.1. The van der Waals surface area contributed by atoms with Crippen molar-refractivity contribution >= 4 is 0 Å². The van der Waals surface area contributed by atoms with Gasteiger partial charge < -0.3 is 5.11 Å². The summed E-state index contributed by atoms with van der Waals surface area (Å²) in [7, 11) is 0. The van der Waals surface area contributed by atoms with Crippen LogP contribution in [0.4, 0.5) is 0 Å². The second-order valence-electron chi connectivity index (χ2n) is 8.45. The Morgan fingerprint density at radius 1 is 1.17 bits per heavy atom. The molecule has 3 rings (SSSR count). The number of aliphatic hydroxyl groups excluding tert-OH is 1. The molecule has 0 heterocycles. The summed E-state index contributed by atoms with van der Waals surface area (Å²) in [6.07, 6.45) is 16.3. The molecule has 3 fully saturated rings. The van der Waals surface area contributed by atoms with Crippen molar-refractivity contribution in [3.63, 3.8) is 0 Å². The molecule has 1 N–H and O–H groups in total. The van der Waals surface area contributed by atoms with E-state index in [4.69, 9.17) is 0 Å². The van der Waals surface area contributed by atoms with Gasteiger partial charge in [-0.2, -0.15) is 0 Å². The largest absolute Gasteiger partial charge is 0.396 e. The van der Waals surface area contributed by atoms with Crippen molar-refractivity contribution in [2.45, 2.75) is 71.6 Å². The van der Waals surface area contributed by atoms with Crippen LogP contribution in [0.3, 0.4) is 0 Å². The van der Waals surface area contributed by atoms with Crippen LogP contribution < -0.4 is 0 Å². The average molecular weight is 315 g/mol. The Kier molecular flexibility index (Phi) is 5.16. The first kappa shape index (κ1) is 17.0. The molecule has 4 atom stereocenters. The Labute approximate surface area is 142 Å². The Balaban J connectivity index is 1.79. The van der Waals surface area contributed by atoms with E-state index >= 15 is 0 Å². The molecule has 1 nitrogen and oxygen atoms in total. The Morgan fingerprint density at radius 2 is 2.00 bits per heavy atom. The summed E-state index contributed by atoms with van der Waals surface area (Å²) in [6.45, 7) is 9.50. The summed E-state index contributed by atoms with van der Waals surface area (Å²) in [5, 5.41) is 9.39. The molecule has 3 aliphatic carbocycles. The fraction of sp³-hybridized carbons (Fsp3) is 0.727. The maximum absolute atomic E-state index is 9.39. The topological polar surface area (TPSA) is 20.2 Å². The van der Waals surface area contributed by atoms with Crippen molar-refractivity contribution in [1.82, 2.24) is 0 Å². The molecule has 23 heavy (non-hydrogen) atoms. The van der Waals surface area contributed by atoms with Crippen LogP contribution in [0.15, 0.2) is 35.5 Å². The molecule has 1 heteroatoms. The van der Waals surface area contributed by atoms with E-state index in [0.717, 1.165) is 18.3 Å². The highest BCUT2D eigenvalue weighted by Crippen LogP contribution is 2.58. The van der Waals surface area contributed by atoms with Gasteiger partial charge in [0, 0.05) is 6.61 Å². The van der Waals surface area contributed by atoms with Crippen LogP contribution in [-0.2, 0) is 0 Å². The predicted octanol–water partition coefficient (Wildman–Crippen LogP) is 5.81. The van der Waals surface area contributed by atoms with Crippen molar-refractivity contribution in [3.8, 4) is 0 Å². The minimum absolute atomic E-state index is 0.355. The molecule has 0 aromatic heterocycles. The second kappa shape index (κ2) is 6.97. The van der Waals surface area contributed by atoms with E-state index in [1.54, 1.807) is 5.57 Å². The van der Waals surface area contributed by atoms with E-state index in [0.29, 0.717) is 17.9 Å². The van der Waals surface area contributed by atoms with E-state index in [9.17, 15) is 5.11 Å². The molecule has 0 aromatic rings. The maximum atomic E-state index is 9.39. The quantitative estimate of drug-likeness (QED) is 0.696. The van der Waals surface area contributed by atoms with Gasteiger partial charge in [0.1, 0.15) is 0 Å². The predicted molar refractivity (Wildman–Crippen MR) is 98.2 cm³/mol. The van der Waals surface area contributed by atoms with Crippen LogP contribution in [0.2, 0.25) is 0 Å². The van der Waals surface area contributed by atoms with Crippen LogP contribution in [0.5, 0.6) is 0 Å². The van der Waals surface area contributed by atoms with Gasteiger partial charge in [0.25, 0.3) is 0 Å². The molecule has 0 spiro atoms. The molecule has 4 unspecified atom stereocenters. The molecule has 128 valence electrons. The lowest BCUT2D eigenvalue weighted by atomic mass is 9.63. The summed E-state index contributed by atoms with van der Waals surface area (Å²) in [6, 6.07) is 0. The fourth-order valence-electron chi connectivity index (χ4n) is 5.62. The standard InChI is InChI=1S/C22H34O/c1-16-6-4-7-18(17(16)2)9-10-19-8-5-14-22(3)20(13-15-23)11-12-21(19)22/h9-10,16,20-21,23H,2,4-8,11-15H2,1,3H3. The highest BCUT2D eigenvalue weighted by molar-refractivity contribution is 5.36. The summed E-state index contributed by atoms with van der Waals surface area (Å²) < 4.78 is 0. The third-order valence-corrected chi connectivity index (χ3v) is 7.23. The zero-order chi connectivity index (χ0) is 16.4. The van der Waals surface area contributed by atoms with Gasteiger partial charge in [0.05, 0.1) is 0 Å². The van der Waals surface area contributed by atoms with Gasteiger partial charge in [0.2, 0.25) is 0 Å². The summed E-state index contributed by atoms with van der Waals surface area (Å²) >= 11 is 0. The second-order valence-corrected chi connectivity index (χ2v) is 8.45. The van der Waals surface area contributed by atoms with Crippen molar-refractivity contribution in [2.24, 2.45) is 23.2 Å². The van der Waals surface area contributed by atoms with E-state index in [1.165, 1.54) is 62.5 Å². The third-order valence-electron chi connectivity index (χ3n) is 7.23. The average Bonchev–Trinajstić information content (AvgIpc) is 2.86. The van der Waals surface area contributed by atoms with Gasteiger partial charge in [-0.1, -0.05) is 38.2 Å². The number of aliphatic hydroxyl groups is 1. The Bertz CT molecular complexity index is 512. The smallest absolute Gasteiger partial charge is 0.0433 e. The molecule has 0 bridgehead atoms. The molecule has 0 radical (unpaired) electrons. The van der Waals surface area contributed by atoms with Gasteiger partial charge in [-0.15, -0.1) is 0 Å². The molecule has 0 amide bonds. The van der Waals surface area contributed by atoms with E-state index in [2.05, 4.69) is 32.6 Å². The molecular weight excluding hydrogens is 280 g/mol. The van der Waals surface area contributed by atoms with Crippen LogP contribution in [-0.4, -0.2) is 11.7 Å². The lowest BCUT2D eigenvalue weighted by Crippen LogP contribution is -2.33. The molecule has 3 saturated carbocycles. The Morgan fingerprint density at radius 3 is 2.78 bits per heavy atom. The van der Waals surface area contributed by atoms with Crippen LogP contribution in [0.25, 0.3) is 0 Å². The Hall–Kier alpha value is -0.820. The monoisotopic (exact) mass is 314 g/mol. The summed E-state index contributed by atoms with van der Waals surface area (Å²) in [5.41, 5.74) is 4.98. The van der Waals surface area contributed by atoms with Crippen LogP contribution in [0, 0.1) is 23.2 Å². The zero-order valence-electron chi connectivity index (χ0n) is 15.1. The number of allylic oxidation sites excluding steroid dienone is 5. The lowest BCUT2D eigenvalue weighted by molar-refractivity contribution is 0.111. The first-order valence-electron chi connectivity index (χ1n) is 9.76. The highest BCUT2D eigenvalue weighted by Gasteiger charge is 2.48. The van der Waals surface area contributed by atoms with Crippen molar-refractivity contribution in [2.75, 3.05) is 6.61 Å². The maximum Gasteiger partial charge on any atom is 0.0433 e. The molecular formula is C22H34O. The van der Waals surface area contributed by atoms with Crippen LogP contribution >= 0.6 is 0 Å². The van der Waals surface area contributed by atoms with Crippen LogP contribution in [0.1, 0.15) is 71.6 Å². The summed E-state index contributed by atoms with van der Waals surface area (Å²) in [5.74, 6) is 2.13. The first-order valence-corrected chi connectivity index (χ1v) is 9.76. The number of hydrogen-bond acceptors (Lipinski definition) is 1. The number of fused-ring (bicyclic) bond motifs is 1. The third kappa shape index (κ3) is 3.22. The minimum atomic E-state index is 0.355. The number of hydrogen-bond donors (Lipinski definition) is 1. The molecule has 0 aliphatic heterocycles. The van der Waals surface area contributed by atoms with Gasteiger partial charge in [-0.05, 0) is 92.1 Å². The minimum Gasteiger partial charge on any atom is -0.396 e.